The molecule has 1 heterocycles. The van der Waals surface area contributed by atoms with E-state index in [4.69, 9.17) is 0 Å². The van der Waals surface area contributed by atoms with Crippen LogP contribution >= 0.6 is 0 Å². The van der Waals surface area contributed by atoms with Gasteiger partial charge in [-0.25, -0.2) is 26.6 Å². The van der Waals surface area contributed by atoms with E-state index in [-0.39, 0.29) is 18.8 Å². The fourth-order valence-electron chi connectivity index (χ4n) is 2.71. The molecular weight excluding hydrogens is 397 g/mol. The van der Waals surface area contributed by atoms with E-state index in [1.807, 2.05) is 6.92 Å². The molecule has 1 aromatic rings. The second-order valence-electron chi connectivity index (χ2n) is 6.94. The van der Waals surface area contributed by atoms with Gasteiger partial charge in [-0.15, -0.1) is 0 Å². The lowest BCUT2D eigenvalue weighted by atomic mass is 10.2. The minimum atomic E-state index is -3.24. The first-order chi connectivity index (χ1) is 13.0. The van der Waals surface area contributed by atoms with E-state index < -0.39 is 50.2 Å². The lowest BCUT2D eigenvalue weighted by Crippen LogP contribution is -2.57. The topological polar surface area (TPSA) is 90.9 Å². The van der Waals surface area contributed by atoms with Crippen LogP contribution in [0.3, 0.4) is 0 Å². The molecular formula is C17H23F3N4O3S. The summed E-state index contributed by atoms with van der Waals surface area (Å²) < 4.78 is 63.1. The average Bonchev–Trinajstić information content (AvgIpc) is 2.61. The van der Waals surface area contributed by atoms with Gasteiger partial charge in [0.2, 0.25) is 5.91 Å². The van der Waals surface area contributed by atoms with Gasteiger partial charge in [0.15, 0.2) is 33.2 Å². The molecule has 1 amide bonds. The summed E-state index contributed by atoms with van der Waals surface area (Å²) in [5.74, 6) is -4.96. The summed E-state index contributed by atoms with van der Waals surface area (Å²) >= 11 is 0. The molecule has 156 valence electrons. The lowest BCUT2D eigenvalue weighted by molar-refractivity contribution is -0.114. The number of halogens is 3. The summed E-state index contributed by atoms with van der Waals surface area (Å²) in [7, 11) is -3.24. The third kappa shape index (κ3) is 4.75. The number of anilines is 1. The van der Waals surface area contributed by atoms with Crippen LogP contribution in [0.1, 0.15) is 20.8 Å². The van der Waals surface area contributed by atoms with Crippen molar-refractivity contribution in [3.63, 3.8) is 0 Å². The molecule has 7 nitrogen and oxygen atoms in total. The van der Waals surface area contributed by atoms with Gasteiger partial charge in [-0.1, -0.05) is 0 Å². The molecule has 0 radical (unpaired) electrons. The van der Waals surface area contributed by atoms with Gasteiger partial charge >= 0.3 is 0 Å². The number of guanidine groups is 1. The number of amides is 1. The Labute approximate surface area is 161 Å². The van der Waals surface area contributed by atoms with Crippen molar-refractivity contribution in [2.75, 3.05) is 37.2 Å². The first-order valence-corrected chi connectivity index (χ1v) is 10.3. The minimum Gasteiger partial charge on any atom is -0.357 e. The van der Waals surface area contributed by atoms with Gasteiger partial charge in [0, 0.05) is 19.6 Å². The standard InChI is InChI=1S/C17H23F3N4O3S/c1-4-21-16(24-7-8-28(26,27)17(2,3)10-24)22-9-13(25)23-12-6-5-11(18)14(19)15(12)20/h5-6H,4,7-10H2,1-3H3,(H,21,22)(H,23,25). The quantitative estimate of drug-likeness (QED) is 0.438. The number of benzene rings is 1. The summed E-state index contributed by atoms with van der Waals surface area (Å²) in [4.78, 5) is 17.9. The normalized spacial score (nSPS) is 18.6. The smallest absolute Gasteiger partial charge is 0.246 e. The predicted octanol–water partition coefficient (Wildman–Crippen LogP) is 1.52. The number of aliphatic imine (C=N–C) groups is 1. The van der Waals surface area contributed by atoms with Gasteiger partial charge in [0.25, 0.3) is 0 Å². The number of hydrogen-bond donors (Lipinski definition) is 2. The van der Waals surface area contributed by atoms with E-state index in [0.29, 0.717) is 18.6 Å². The Morgan fingerprint density at radius 1 is 1.25 bits per heavy atom. The number of hydrogen-bond acceptors (Lipinski definition) is 4. The molecule has 0 spiro atoms. The Bertz CT molecular complexity index is 888. The molecule has 1 aliphatic rings. The van der Waals surface area contributed by atoms with Gasteiger partial charge in [-0.3, -0.25) is 4.79 Å². The van der Waals surface area contributed by atoms with E-state index in [2.05, 4.69) is 15.6 Å². The van der Waals surface area contributed by atoms with Crippen LogP contribution in [0.25, 0.3) is 0 Å². The molecule has 1 aromatic carbocycles. The second-order valence-corrected chi connectivity index (χ2v) is 9.68. The Balaban J connectivity index is 2.10. The number of nitrogens with zero attached hydrogens (tertiary/aromatic N) is 2. The third-order valence-electron chi connectivity index (χ3n) is 4.36. The fraction of sp³-hybridized carbons (Fsp3) is 0.529. The zero-order valence-corrected chi connectivity index (χ0v) is 16.7. The largest absolute Gasteiger partial charge is 0.357 e. The highest BCUT2D eigenvalue weighted by atomic mass is 32.2. The van der Waals surface area contributed by atoms with Crippen molar-refractivity contribution in [2.24, 2.45) is 4.99 Å². The van der Waals surface area contributed by atoms with Gasteiger partial charge in [-0.2, -0.15) is 0 Å². The summed E-state index contributed by atoms with van der Waals surface area (Å²) in [6, 6.07) is 1.62. The van der Waals surface area contributed by atoms with E-state index in [0.717, 1.165) is 6.07 Å². The van der Waals surface area contributed by atoms with Crippen LogP contribution in [0.15, 0.2) is 17.1 Å². The minimum absolute atomic E-state index is 0.0450. The third-order valence-corrected chi connectivity index (χ3v) is 6.89. The molecule has 1 aliphatic heterocycles. The molecule has 2 rings (SSSR count). The molecule has 0 saturated carbocycles. The average molecular weight is 420 g/mol. The lowest BCUT2D eigenvalue weighted by Gasteiger charge is -2.39. The Morgan fingerprint density at radius 3 is 2.54 bits per heavy atom. The first-order valence-electron chi connectivity index (χ1n) is 8.67. The maximum atomic E-state index is 13.6. The van der Waals surface area contributed by atoms with Crippen molar-refractivity contribution in [1.29, 1.82) is 0 Å². The highest BCUT2D eigenvalue weighted by Gasteiger charge is 2.41. The van der Waals surface area contributed by atoms with Crippen molar-refractivity contribution in [3.05, 3.63) is 29.6 Å². The van der Waals surface area contributed by atoms with Crippen LogP contribution in [-0.4, -0.2) is 61.9 Å². The van der Waals surface area contributed by atoms with Crippen molar-refractivity contribution in [3.8, 4) is 0 Å². The molecule has 0 aliphatic carbocycles. The van der Waals surface area contributed by atoms with Crippen LogP contribution < -0.4 is 10.6 Å². The van der Waals surface area contributed by atoms with Crippen LogP contribution in [-0.2, 0) is 14.6 Å². The molecule has 28 heavy (non-hydrogen) atoms. The predicted molar refractivity (Wildman–Crippen MR) is 100 cm³/mol. The van der Waals surface area contributed by atoms with E-state index in [1.54, 1.807) is 18.7 Å². The SMILES string of the molecule is CCNC(=NCC(=O)Nc1ccc(F)c(F)c1F)N1CCS(=O)(=O)C(C)(C)C1. The molecule has 0 atom stereocenters. The van der Waals surface area contributed by atoms with Crippen LogP contribution in [0, 0.1) is 17.5 Å². The fourth-order valence-corrected chi connectivity index (χ4v) is 4.08. The monoisotopic (exact) mass is 420 g/mol. The Hall–Kier alpha value is -2.30. The number of carbonyl (C=O) groups is 1. The zero-order chi connectivity index (χ0) is 21.1. The zero-order valence-electron chi connectivity index (χ0n) is 15.9. The number of nitrogens with one attached hydrogen (secondary N) is 2. The van der Waals surface area contributed by atoms with Gasteiger partial charge in [0.1, 0.15) is 6.54 Å². The van der Waals surface area contributed by atoms with Crippen molar-refractivity contribution in [2.45, 2.75) is 25.5 Å². The molecule has 0 unspecified atom stereocenters. The molecule has 1 saturated heterocycles. The molecule has 0 aromatic heterocycles. The molecule has 1 fully saturated rings. The molecule has 2 N–H and O–H groups in total. The molecule has 0 bridgehead atoms. The summed E-state index contributed by atoms with van der Waals surface area (Å²) in [5, 5.41) is 5.12. The van der Waals surface area contributed by atoms with Crippen LogP contribution in [0.5, 0.6) is 0 Å². The molecule has 11 heteroatoms. The number of sulfone groups is 1. The van der Waals surface area contributed by atoms with Gasteiger partial charge < -0.3 is 15.5 Å². The number of rotatable bonds is 4. The van der Waals surface area contributed by atoms with Crippen LogP contribution in [0.2, 0.25) is 0 Å². The first kappa shape index (κ1) is 22.0. The summed E-state index contributed by atoms with van der Waals surface area (Å²) in [5.41, 5.74) is -0.491. The number of carbonyl (C=O) groups excluding carboxylic acids is 1. The maximum Gasteiger partial charge on any atom is 0.246 e. The van der Waals surface area contributed by atoms with Crippen molar-refractivity contribution < 1.29 is 26.4 Å². The van der Waals surface area contributed by atoms with Gasteiger partial charge in [0.05, 0.1) is 16.2 Å². The Kier molecular flexibility index (Phi) is 6.58. The summed E-state index contributed by atoms with van der Waals surface area (Å²) in [6.07, 6.45) is 0. The second kappa shape index (κ2) is 8.38. The van der Waals surface area contributed by atoms with Crippen molar-refractivity contribution in [1.82, 2.24) is 10.2 Å². The van der Waals surface area contributed by atoms with Gasteiger partial charge in [-0.05, 0) is 32.9 Å². The highest BCUT2D eigenvalue weighted by Crippen LogP contribution is 2.24. The van der Waals surface area contributed by atoms with Crippen LogP contribution in [0.4, 0.5) is 18.9 Å². The van der Waals surface area contributed by atoms with E-state index in [1.165, 1.54) is 0 Å². The van der Waals surface area contributed by atoms with Crippen molar-refractivity contribution >= 4 is 27.4 Å². The van der Waals surface area contributed by atoms with E-state index in [9.17, 15) is 26.4 Å². The Morgan fingerprint density at radius 2 is 1.93 bits per heavy atom. The highest BCUT2D eigenvalue weighted by molar-refractivity contribution is 7.92. The maximum absolute atomic E-state index is 13.6. The summed E-state index contributed by atoms with van der Waals surface area (Å²) in [6.45, 7) is 5.55. The van der Waals surface area contributed by atoms with E-state index >= 15 is 0 Å².